The minimum Gasteiger partial charge on any atom is -0.726 e. The largest absolute Gasteiger partial charge is 0.726 e. The minimum atomic E-state index is -7.81. The highest BCUT2D eigenvalue weighted by molar-refractivity contribution is 7.80. The van der Waals surface area contributed by atoms with Crippen LogP contribution in [0.15, 0.2) is 0 Å². The quantitative estimate of drug-likeness (QED) is 0.350. The third-order valence-electron chi connectivity index (χ3n) is 2.33. The molecule has 0 aromatic rings. The second kappa shape index (κ2) is 6.08. The Morgan fingerprint density at radius 3 is 1.46 bits per heavy atom. The van der Waals surface area contributed by atoms with E-state index in [0.717, 1.165) is 0 Å². The zero-order valence-corrected chi connectivity index (χ0v) is 11.2. The third-order valence-corrected chi connectivity index (χ3v) is 2.73. The molecule has 0 N–H and O–H groups in total. The molecule has 17 heteroatoms. The number of halogens is 12. The lowest BCUT2D eigenvalue weighted by atomic mass is 9.95. The highest BCUT2D eigenvalue weighted by Crippen LogP contribution is 2.58. The lowest BCUT2D eigenvalue weighted by Crippen LogP contribution is -2.69. The Kier molecular flexibility index (Phi) is 5.83. The monoisotopic (exact) mass is 411 g/mol. The standard InChI is InChI=1S/C7H4F12O4S/c8-2(9)4(12,13)6(16,17)7(18,19)5(14,15)3(10,11)1-23-24(20,21)22/h2H,1H2,(H,20,21,22)/p-1. The summed E-state index contributed by atoms with van der Waals surface area (Å²) in [5, 5.41) is 0. The fraction of sp³-hybridized carbons (Fsp3) is 1.00. The molecule has 0 aliphatic rings. The summed E-state index contributed by atoms with van der Waals surface area (Å²) in [4.78, 5) is 0. The zero-order valence-electron chi connectivity index (χ0n) is 10.4. The Hall–Kier alpha value is -0.970. The zero-order chi connectivity index (χ0) is 20.0. The van der Waals surface area contributed by atoms with Crippen molar-refractivity contribution >= 4 is 10.4 Å². The van der Waals surface area contributed by atoms with Gasteiger partial charge in [-0.15, -0.1) is 0 Å². The van der Waals surface area contributed by atoms with Gasteiger partial charge in [0.25, 0.3) is 0 Å². The lowest BCUT2D eigenvalue weighted by molar-refractivity contribution is -0.414. The number of hydrogen-bond acceptors (Lipinski definition) is 4. The van der Waals surface area contributed by atoms with Crippen molar-refractivity contribution in [2.75, 3.05) is 6.61 Å². The van der Waals surface area contributed by atoms with Gasteiger partial charge in [-0.2, -0.15) is 43.9 Å². The Morgan fingerprint density at radius 1 is 0.792 bits per heavy atom. The van der Waals surface area contributed by atoms with Gasteiger partial charge in [-0.25, -0.2) is 17.2 Å². The van der Waals surface area contributed by atoms with E-state index in [-0.39, 0.29) is 0 Å². The summed E-state index contributed by atoms with van der Waals surface area (Å²) < 4.78 is 183. The predicted molar refractivity (Wildman–Crippen MR) is 46.4 cm³/mol. The molecule has 24 heavy (non-hydrogen) atoms. The van der Waals surface area contributed by atoms with Crippen molar-refractivity contribution in [3.8, 4) is 0 Å². The summed E-state index contributed by atoms with van der Waals surface area (Å²) in [6, 6.07) is 0. The molecule has 0 aliphatic carbocycles. The second-order valence-electron chi connectivity index (χ2n) is 4.02. The lowest BCUT2D eigenvalue weighted by Gasteiger charge is -2.39. The molecule has 0 radical (unpaired) electrons. The van der Waals surface area contributed by atoms with Gasteiger partial charge >= 0.3 is 36.0 Å². The Morgan fingerprint density at radius 2 is 1.17 bits per heavy atom. The first-order valence-electron chi connectivity index (χ1n) is 4.92. The Bertz CT molecular complexity index is 556. The fourth-order valence-corrected chi connectivity index (χ4v) is 1.30. The predicted octanol–water partition coefficient (Wildman–Crippen LogP) is 2.90. The van der Waals surface area contributed by atoms with Crippen molar-refractivity contribution in [1.82, 2.24) is 0 Å². The van der Waals surface area contributed by atoms with E-state index in [0.29, 0.717) is 0 Å². The summed E-state index contributed by atoms with van der Waals surface area (Å²) >= 11 is 0. The minimum absolute atomic E-state index is 2.49. The van der Waals surface area contributed by atoms with Gasteiger partial charge in [0.2, 0.25) is 10.4 Å². The first kappa shape index (κ1) is 23.0. The Labute approximate surface area is 124 Å². The van der Waals surface area contributed by atoms with Crippen molar-refractivity contribution in [2.45, 2.75) is 36.0 Å². The van der Waals surface area contributed by atoms with Crippen LogP contribution in [0.1, 0.15) is 0 Å². The van der Waals surface area contributed by atoms with Crippen LogP contribution in [-0.4, -0.2) is 55.6 Å². The van der Waals surface area contributed by atoms with Crippen LogP contribution in [0.4, 0.5) is 52.7 Å². The second-order valence-corrected chi connectivity index (χ2v) is 5.07. The van der Waals surface area contributed by atoms with Crippen molar-refractivity contribution < 1.29 is 69.8 Å². The van der Waals surface area contributed by atoms with E-state index < -0.39 is 53.0 Å². The molecular formula is C7H3F12O4S-. The first-order valence-corrected chi connectivity index (χ1v) is 6.26. The molecule has 146 valence electrons. The summed E-state index contributed by atoms with van der Waals surface area (Å²) in [7, 11) is -6.20. The van der Waals surface area contributed by atoms with Crippen molar-refractivity contribution in [2.24, 2.45) is 0 Å². The van der Waals surface area contributed by atoms with Gasteiger partial charge in [0.15, 0.2) is 0 Å². The molecule has 0 aromatic carbocycles. The van der Waals surface area contributed by atoms with Gasteiger partial charge in [0, 0.05) is 0 Å². The molecule has 0 heterocycles. The van der Waals surface area contributed by atoms with E-state index in [4.69, 9.17) is 0 Å². The van der Waals surface area contributed by atoms with E-state index in [9.17, 15) is 65.7 Å². The van der Waals surface area contributed by atoms with Gasteiger partial charge in [-0.1, -0.05) is 0 Å². The van der Waals surface area contributed by atoms with Crippen LogP contribution in [0, 0.1) is 0 Å². The molecular weight excluding hydrogens is 408 g/mol. The molecule has 0 saturated heterocycles. The van der Waals surface area contributed by atoms with E-state index in [1.165, 1.54) is 0 Å². The highest BCUT2D eigenvalue weighted by Gasteiger charge is 2.87. The van der Waals surface area contributed by atoms with E-state index >= 15 is 0 Å². The maximum atomic E-state index is 12.9. The van der Waals surface area contributed by atoms with Crippen LogP contribution >= 0.6 is 0 Å². The summed E-state index contributed by atoms with van der Waals surface area (Å²) in [6.45, 7) is -3.45. The summed E-state index contributed by atoms with van der Waals surface area (Å²) in [5.41, 5.74) is 0. The number of alkyl halides is 12. The smallest absolute Gasteiger partial charge is 0.384 e. The van der Waals surface area contributed by atoms with E-state index in [1.54, 1.807) is 0 Å². The normalized spacial score (nSPS) is 15.9. The van der Waals surface area contributed by atoms with Gasteiger partial charge in [0.05, 0.1) is 0 Å². The van der Waals surface area contributed by atoms with Gasteiger partial charge in [-0.05, 0) is 0 Å². The third kappa shape index (κ3) is 3.66. The molecule has 0 aliphatic heterocycles. The molecule has 0 spiro atoms. The molecule has 0 atom stereocenters. The maximum absolute atomic E-state index is 12.9. The summed E-state index contributed by atoms with van der Waals surface area (Å²) in [5.74, 6) is -36.8. The molecule has 0 unspecified atom stereocenters. The fourth-order valence-electron chi connectivity index (χ4n) is 1.01. The summed E-state index contributed by atoms with van der Waals surface area (Å²) in [6.07, 6.45) is -5.65. The van der Waals surface area contributed by atoms with Crippen LogP contribution in [-0.2, 0) is 14.6 Å². The van der Waals surface area contributed by atoms with Crippen LogP contribution in [0.3, 0.4) is 0 Å². The van der Waals surface area contributed by atoms with Crippen molar-refractivity contribution in [1.29, 1.82) is 0 Å². The Balaban J connectivity index is 5.98. The van der Waals surface area contributed by atoms with Crippen LogP contribution in [0.5, 0.6) is 0 Å². The van der Waals surface area contributed by atoms with Gasteiger partial charge in [0.1, 0.15) is 6.61 Å². The van der Waals surface area contributed by atoms with Crippen molar-refractivity contribution in [3.63, 3.8) is 0 Å². The number of rotatable bonds is 8. The van der Waals surface area contributed by atoms with Crippen LogP contribution < -0.4 is 0 Å². The average Bonchev–Trinajstić information content (AvgIpc) is 2.34. The molecule has 0 saturated carbocycles. The molecule has 0 bridgehead atoms. The van der Waals surface area contributed by atoms with Crippen LogP contribution in [0.2, 0.25) is 0 Å². The molecule has 0 amide bonds. The van der Waals surface area contributed by atoms with Gasteiger partial charge < -0.3 is 4.55 Å². The van der Waals surface area contributed by atoms with E-state index in [1.807, 2.05) is 0 Å². The number of hydrogen-bond donors (Lipinski definition) is 0. The molecule has 0 rings (SSSR count). The first-order chi connectivity index (χ1) is 10.2. The molecule has 0 fully saturated rings. The average molecular weight is 411 g/mol. The SMILES string of the molecule is O=S(=O)([O-])OCC(F)(F)C(F)(F)C(F)(F)C(F)(F)C(F)(F)C(F)F. The van der Waals surface area contributed by atoms with Crippen LogP contribution in [0.25, 0.3) is 0 Å². The molecule has 0 aromatic heterocycles. The topological polar surface area (TPSA) is 66.4 Å². The van der Waals surface area contributed by atoms with Crippen molar-refractivity contribution in [3.05, 3.63) is 0 Å². The highest BCUT2D eigenvalue weighted by atomic mass is 32.3. The van der Waals surface area contributed by atoms with E-state index in [2.05, 4.69) is 4.18 Å². The maximum Gasteiger partial charge on any atom is 0.384 e. The molecule has 4 nitrogen and oxygen atoms in total. The van der Waals surface area contributed by atoms with Gasteiger partial charge in [-0.3, -0.25) is 4.18 Å².